The van der Waals surface area contributed by atoms with Gasteiger partial charge in [0.1, 0.15) is 5.82 Å². The van der Waals surface area contributed by atoms with Gasteiger partial charge in [0.05, 0.1) is 0 Å². The highest BCUT2D eigenvalue weighted by Crippen LogP contribution is 2.30. The number of carbonyl (C=O) groups is 1. The monoisotopic (exact) mass is 368 g/mol. The number of nitrogens with zero attached hydrogens (tertiary/aromatic N) is 1. The van der Waals surface area contributed by atoms with Gasteiger partial charge in [0.2, 0.25) is 5.91 Å². The summed E-state index contributed by atoms with van der Waals surface area (Å²) in [6.45, 7) is 3.83. The van der Waals surface area contributed by atoms with Crippen LogP contribution in [0.1, 0.15) is 38.2 Å². The van der Waals surface area contributed by atoms with Gasteiger partial charge in [-0.2, -0.15) is 0 Å². The average molecular weight is 368 g/mol. The van der Waals surface area contributed by atoms with Crippen LogP contribution in [0, 0.1) is 11.7 Å². The fourth-order valence-corrected chi connectivity index (χ4v) is 4.08. The summed E-state index contributed by atoms with van der Waals surface area (Å²) in [5.74, 6) is 0.194. The summed E-state index contributed by atoms with van der Waals surface area (Å²) in [6.07, 6.45) is 4.31. The molecule has 1 amide bonds. The normalized spacial score (nSPS) is 16.1. The Bertz CT molecular complexity index is 728. The van der Waals surface area contributed by atoms with Gasteiger partial charge in [-0.05, 0) is 68.5 Å². The van der Waals surface area contributed by atoms with Crippen LogP contribution in [0.25, 0.3) is 0 Å². The van der Waals surface area contributed by atoms with E-state index in [2.05, 4.69) is 29.6 Å². The van der Waals surface area contributed by atoms with E-state index < -0.39 is 0 Å². The minimum absolute atomic E-state index is 0.0668. The Kier molecular flexibility index (Phi) is 6.99. The van der Waals surface area contributed by atoms with E-state index in [4.69, 9.17) is 0 Å². The Labute approximate surface area is 161 Å². The van der Waals surface area contributed by atoms with E-state index in [-0.39, 0.29) is 17.8 Å². The van der Waals surface area contributed by atoms with Crippen molar-refractivity contribution in [3.63, 3.8) is 0 Å². The number of nitrogens with one attached hydrogen (secondary N) is 1. The molecule has 27 heavy (non-hydrogen) atoms. The van der Waals surface area contributed by atoms with Gasteiger partial charge in [0.15, 0.2) is 0 Å². The predicted molar refractivity (Wildman–Crippen MR) is 108 cm³/mol. The Morgan fingerprint density at radius 3 is 2.56 bits per heavy atom. The van der Waals surface area contributed by atoms with Gasteiger partial charge in [0.25, 0.3) is 0 Å². The summed E-state index contributed by atoms with van der Waals surface area (Å²) in [5.41, 5.74) is 1.96. The first-order valence-electron chi connectivity index (χ1n) is 10.0. The smallest absolute Gasteiger partial charge is 0.226 e. The highest BCUT2D eigenvalue weighted by molar-refractivity contribution is 5.93. The fraction of sp³-hybridized carbons (Fsp3) is 0.435. The second-order valence-electron chi connectivity index (χ2n) is 7.28. The average Bonchev–Trinajstić information content (AvgIpc) is 2.72. The van der Waals surface area contributed by atoms with Crippen molar-refractivity contribution in [3.8, 4) is 0 Å². The maximum Gasteiger partial charge on any atom is 0.226 e. The lowest BCUT2D eigenvalue weighted by Gasteiger charge is -2.39. The molecule has 3 nitrogen and oxygen atoms in total. The number of rotatable bonds is 7. The molecule has 1 aliphatic rings. The molecule has 4 heteroatoms. The van der Waals surface area contributed by atoms with Crippen LogP contribution in [0.5, 0.6) is 0 Å². The van der Waals surface area contributed by atoms with Crippen LogP contribution in [0.4, 0.5) is 10.1 Å². The molecule has 1 atom stereocenters. The lowest BCUT2D eigenvalue weighted by molar-refractivity contribution is -0.119. The highest BCUT2D eigenvalue weighted by Gasteiger charge is 2.32. The molecule has 0 spiro atoms. The molecule has 0 bridgehead atoms. The third kappa shape index (κ3) is 5.16. The second-order valence-corrected chi connectivity index (χ2v) is 7.28. The minimum atomic E-state index is -0.298. The summed E-state index contributed by atoms with van der Waals surface area (Å²) >= 11 is 0. The van der Waals surface area contributed by atoms with Crippen molar-refractivity contribution in [2.75, 3.05) is 18.0 Å². The molecule has 144 valence electrons. The number of halogens is 1. The molecule has 2 aromatic rings. The Morgan fingerprint density at radius 1 is 1.15 bits per heavy atom. The molecule has 3 rings (SSSR count). The number of benzene rings is 2. The first kappa shape index (κ1) is 19.6. The quantitative estimate of drug-likeness (QED) is 0.776. The molecule has 1 fully saturated rings. The lowest BCUT2D eigenvalue weighted by atomic mass is 9.85. The summed E-state index contributed by atoms with van der Waals surface area (Å²) in [7, 11) is 0. The number of hydrogen-bond acceptors (Lipinski definition) is 2. The predicted octanol–water partition coefficient (Wildman–Crippen LogP) is 4.57. The Hall–Kier alpha value is -2.20. The molecule has 0 radical (unpaired) electrons. The van der Waals surface area contributed by atoms with Gasteiger partial charge in [-0.25, -0.2) is 4.39 Å². The van der Waals surface area contributed by atoms with Gasteiger partial charge in [-0.1, -0.05) is 43.3 Å². The molecule has 1 aliphatic heterocycles. The Balaban J connectivity index is 1.89. The molecular formula is C23H29FN2O. The zero-order valence-electron chi connectivity index (χ0n) is 16.0. The molecule has 1 heterocycles. The molecular weight excluding hydrogens is 339 g/mol. The van der Waals surface area contributed by atoms with Crippen molar-refractivity contribution in [3.05, 3.63) is 66.0 Å². The van der Waals surface area contributed by atoms with Crippen LogP contribution in [-0.4, -0.2) is 25.0 Å². The number of amides is 1. The fourth-order valence-electron chi connectivity index (χ4n) is 4.08. The number of anilines is 1. The van der Waals surface area contributed by atoms with Gasteiger partial charge >= 0.3 is 0 Å². The van der Waals surface area contributed by atoms with Crippen LogP contribution in [0.3, 0.4) is 0 Å². The summed E-state index contributed by atoms with van der Waals surface area (Å²) in [4.78, 5) is 14.8. The molecule has 1 saturated heterocycles. The molecule has 0 aromatic heterocycles. The number of hydrogen-bond donors (Lipinski definition) is 1. The van der Waals surface area contributed by atoms with E-state index in [9.17, 15) is 9.18 Å². The molecule has 2 aromatic carbocycles. The van der Waals surface area contributed by atoms with E-state index >= 15 is 0 Å². The number of piperidine rings is 1. The second kappa shape index (κ2) is 9.65. The van der Waals surface area contributed by atoms with Crippen LogP contribution >= 0.6 is 0 Å². The number of aryl methyl sites for hydroxylation is 1. The zero-order chi connectivity index (χ0) is 19.1. The maximum absolute atomic E-state index is 13.9. The van der Waals surface area contributed by atoms with Crippen LogP contribution in [0.2, 0.25) is 0 Å². The summed E-state index contributed by atoms with van der Waals surface area (Å²) < 4.78 is 13.9. The van der Waals surface area contributed by atoms with Gasteiger partial charge in [-0.15, -0.1) is 0 Å². The van der Waals surface area contributed by atoms with Crippen molar-refractivity contribution in [2.24, 2.45) is 5.92 Å². The van der Waals surface area contributed by atoms with Crippen LogP contribution in [-0.2, 0) is 11.2 Å². The largest absolute Gasteiger partial charge is 0.317 e. The van der Waals surface area contributed by atoms with Gasteiger partial charge in [-0.3, -0.25) is 4.79 Å². The first-order chi connectivity index (χ1) is 13.2. The molecule has 1 unspecified atom stereocenters. The van der Waals surface area contributed by atoms with Gasteiger partial charge < -0.3 is 10.2 Å². The van der Waals surface area contributed by atoms with E-state index in [1.165, 1.54) is 17.7 Å². The van der Waals surface area contributed by atoms with Gasteiger partial charge in [0, 0.05) is 18.2 Å². The first-order valence-corrected chi connectivity index (χ1v) is 10.0. The van der Waals surface area contributed by atoms with Crippen molar-refractivity contribution in [2.45, 2.75) is 45.1 Å². The van der Waals surface area contributed by atoms with E-state index in [1.54, 1.807) is 6.07 Å². The third-order valence-electron chi connectivity index (χ3n) is 5.49. The Morgan fingerprint density at radius 2 is 1.89 bits per heavy atom. The highest BCUT2D eigenvalue weighted by atomic mass is 19.1. The van der Waals surface area contributed by atoms with E-state index in [0.717, 1.165) is 38.8 Å². The molecule has 0 aliphatic carbocycles. The molecule has 1 N–H and O–H groups in total. The molecule has 0 saturated carbocycles. The van der Waals surface area contributed by atoms with E-state index in [0.29, 0.717) is 18.0 Å². The van der Waals surface area contributed by atoms with Crippen molar-refractivity contribution < 1.29 is 9.18 Å². The third-order valence-corrected chi connectivity index (χ3v) is 5.49. The summed E-state index contributed by atoms with van der Waals surface area (Å²) in [6, 6.07) is 16.9. The topological polar surface area (TPSA) is 32.3 Å². The lowest BCUT2D eigenvalue weighted by Crippen LogP contribution is -2.48. The van der Waals surface area contributed by atoms with Crippen LogP contribution in [0.15, 0.2) is 54.6 Å². The van der Waals surface area contributed by atoms with Crippen molar-refractivity contribution in [1.29, 1.82) is 0 Å². The summed E-state index contributed by atoms with van der Waals surface area (Å²) in [5, 5.41) is 3.41. The van der Waals surface area contributed by atoms with Crippen molar-refractivity contribution >= 4 is 11.6 Å². The maximum atomic E-state index is 13.9. The zero-order valence-corrected chi connectivity index (χ0v) is 16.0. The van der Waals surface area contributed by atoms with E-state index in [1.807, 2.05) is 24.0 Å². The van der Waals surface area contributed by atoms with Crippen molar-refractivity contribution in [1.82, 2.24) is 5.32 Å². The minimum Gasteiger partial charge on any atom is -0.317 e. The SMILES string of the molecule is CCC(=O)N(c1cccc(F)c1)C(CCc1ccccc1)C1CCNCC1. The number of carbonyl (C=O) groups excluding carboxylic acids is 1. The standard InChI is InChI=1S/C23H29FN2O/c1-2-23(27)26(21-10-6-9-20(24)17-21)22(19-13-15-25-16-14-19)12-11-18-7-4-3-5-8-18/h3-10,17,19,22,25H,2,11-16H2,1H3. The van der Waals surface area contributed by atoms with Crippen LogP contribution < -0.4 is 10.2 Å².